The second kappa shape index (κ2) is 11.4. The van der Waals surface area contributed by atoms with E-state index in [1.54, 1.807) is 17.0 Å². The molecule has 4 rings (SSSR count). The van der Waals surface area contributed by atoms with E-state index >= 15 is 0 Å². The third-order valence-electron chi connectivity index (χ3n) is 6.53. The van der Waals surface area contributed by atoms with Crippen LogP contribution in [0.3, 0.4) is 0 Å². The second-order valence-electron chi connectivity index (χ2n) is 9.27. The molecular weight excluding hydrogens is 460 g/mol. The van der Waals surface area contributed by atoms with Crippen molar-refractivity contribution in [3.63, 3.8) is 0 Å². The van der Waals surface area contributed by atoms with E-state index in [9.17, 15) is 18.4 Å². The van der Waals surface area contributed by atoms with Gasteiger partial charge in [-0.25, -0.2) is 8.78 Å². The molecule has 36 heavy (non-hydrogen) atoms. The zero-order chi connectivity index (χ0) is 25.7. The Kier molecular flexibility index (Phi) is 8.10. The van der Waals surface area contributed by atoms with E-state index in [1.807, 2.05) is 37.3 Å². The quantitative estimate of drug-likeness (QED) is 0.508. The molecule has 1 heterocycles. The summed E-state index contributed by atoms with van der Waals surface area (Å²) in [6, 6.07) is 19.6. The SMILES string of the molecule is CC(=O)N1CCCN(Cc2ccccc2)CCN(C(=O)c2ccc(C)cc2)Cc2cc(F)c(F)cc21. The van der Waals surface area contributed by atoms with Crippen molar-refractivity contribution in [2.24, 2.45) is 0 Å². The van der Waals surface area contributed by atoms with E-state index in [-0.39, 0.29) is 18.4 Å². The number of benzene rings is 3. The lowest BCUT2D eigenvalue weighted by molar-refractivity contribution is -0.116. The first-order valence-corrected chi connectivity index (χ1v) is 12.2. The van der Waals surface area contributed by atoms with Gasteiger partial charge in [0.15, 0.2) is 11.6 Å². The maximum absolute atomic E-state index is 14.3. The van der Waals surface area contributed by atoms with Crippen LogP contribution in [-0.2, 0) is 17.9 Å². The third kappa shape index (κ3) is 6.15. The molecule has 0 aromatic heterocycles. The molecule has 0 atom stereocenters. The summed E-state index contributed by atoms with van der Waals surface area (Å²) in [5, 5.41) is 0. The molecule has 0 unspecified atom stereocenters. The minimum atomic E-state index is -1.02. The highest BCUT2D eigenvalue weighted by molar-refractivity contribution is 5.95. The minimum absolute atomic E-state index is 0.0577. The average Bonchev–Trinajstić information content (AvgIpc) is 2.89. The van der Waals surface area contributed by atoms with Gasteiger partial charge in [-0.2, -0.15) is 0 Å². The molecule has 5 nitrogen and oxygen atoms in total. The molecule has 7 heteroatoms. The molecule has 188 valence electrons. The van der Waals surface area contributed by atoms with Gasteiger partial charge in [0.1, 0.15) is 0 Å². The lowest BCUT2D eigenvalue weighted by Gasteiger charge is -2.28. The summed E-state index contributed by atoms with van der Waals surface area (Å²) < 4.78 is 28.6. The Bertz CT molecular complexity index is 1220. The number of rotatable bonds is 3. The number of hydrogen-bond donors (Lipinski definition) is 0. The van der Waals surface area contributed by atoms with Crippen LogP contribution < -0.4 is 4.90 Å². The van der Waals surface area contributed by atoms with Crippen molar-refractivity contribution in [2.75, 3.05) is 31.1 Å². The fourth-order valence-electron chi connectivity index (χ4n) is 4.57. The van der Waals surface area contributed by atoms with Gasteiger partial charge in [-0.15, -0.1) is 0 Å². The smallest absolute Gasteiger partial charge is 0.254 e. The molecule has 0 saturated carbocycles. The summed E-state index contributed by atoms with van der Waals surface area (Å²) in [5.74, 6) is -2.47. The summed E-state index contributed by atoms with van der Waals surface area (Å²) in [6.45, 7) is 6.18. The number of halogens is 2. The minimum Gasteiger partial charge on any atom is -0.333 e. The Morgan fingerprint density at radius 1 is 0.861 bits per heavy atom. The van der Waals surface area contributed by atoms with E-state index < -0.39 is 11.6 Å². The van der Waals surface area contributed by atoms with Gasteiger partial charge in [-0.1, -0.05) is 48.0 Å². The van der Waals surface area contributed by atoms with Gasteiger partial charge >= 0.3 is 0 Å². The van der Waals surface area contributed by atoms with E-state index in [4.69, 9.17) is 0 Å². The van der Waals surface area contributed by atoms with E-state index in [1.165, 1.54) is 11.8 Å². The molecule has 0 fully saturated rings. The summed E-state index contributed by atoms with van der Waals surface area (Å²) in [4.78, 5) is 31.5. The van der Waals surface area contributed by atoms with Gasteiger partial charge in [0, 0.05) is 57.8 Å². The second-order valence-corrected chi connectivity index (χ2v) is 9.27. The first-order chi connectivity index (χ1) is 17.3. The Labute approximate surface area is 210 Å². The summed E-state index contributed by atoms with van der Waals surface area (Å²) in [6.07, 6.45) is 0.650. The summed E-state index contributed by atoms with van der Waals surface area (Å²) in [7, 11) is 0. The fourth-order valence-corrected chi connectivity index (χ4v) is 4.57. The monoisotopic (exact) mass is 491 g/mol. The molecule has 0 radical (unpaired) electrons. The third-order valence-corrected chi connectivity index (χ3v) is 6.53. The maximum atomic E-state index is 14.3. The molecule has 3 aromatic rings. The summed E-state index contributed by atoms with van der Waals surface area (Å²) >= 11 is 0. The Morgan fingerprint density at radius 2 is 1.56 bits per heavy atom. The van der Waals surface area contributed by atoms with Gasteiger partial charge in [-0.05, 0) is 42.7 Å². The Hall–Kier alpha value is -3.58. The highest BCUT2D eigenvalue weighted by Crippen LogP contribution is 2.27. The molecule has 1 aliphatic heterocycles. The largest absolute Gasteiger partial charge is 0.333 e. The topological polar surface area (TPSA) is 43.9 Å². The van der Waals surface area contributed by atoms with Crippen LogP contribution in [-0.4, -0.2) is 47.8 Å². The lowest BCUT2D eigenvalue weighted by atomic mass is 10.1. The zero-order valence-corrected chi connectivity index (χ0v) is 20.7. The zero-order valence-electron chi connectivity index (χ0n) is 20.7. The predicted octanol–water partition coefficient (Wildman–Crippen LogP) is 5.17. The number of fused-ring (bicyclic) bond motifs is 1. The highest BCUT2D eigenvalue weighted by atomic mass is 19.2. The van der Waals surface area contributed by atoms with Crippen molar-refractivity contribution in [1.82, 2.24) is 9.80 Å². The molecule has 0 N–H and O–H groups in total. The van der Waals surface area contributed by atoms with Crippen LogP contribution in [0.2, 0.25) is 0 Å². The van der Waals surface area contributed by atoms with Gasteiger partial charge in [0.25, 0.3) is 5.91 Å². The van der Waals surface area contributed by atoms with Crippen molar-refractivity contribution < 1.29 is 18.4 Å². The van der Waals surface area contributed by atoms with Gasteiger partial charge in [0.2, 0.25) is 5.91 Å². The average molecular weight is 492 g/mol. The first kappa shape index (κ1) is 25.5. The van der Waals surface area contributed by atoms with Gasteiger partial charge in [0.05, 0.1) is 5.69 Å². The van der Waals surface area contributed by atoms with Crippen molar-refractivity contribution in [3.05, 3.63) is 101 Å². The van der Waals surface area contributed by atoms with Crippen molar-refractivity contribution in [3.8, 4) is 0 Å². The Morgan fingerprint density at radius 3 is 2.25 bits per heavy atom. The van der Waals surface area contributed by atoms with E-state index in [0.29, 0.717) is 56.0 Å². The van der Waals surface area contributed by atoms with Crippen molar-refractivity contribution in [2.45, 2.75) is 33.4 Å². The maximum Gasteiger partial charge on any atom is 0.254 e. The molecule has 0 bridgehead atoms. The molecular formula is C29H31F2N3O2. The molecule has 2 amide bonds. The number of nitrogens with zero attached hydrogens (tertiary/aromatic N) is 3. The van der Waals surface area contributed by atoms with Crippen LogP contribution in [0.25, 0.3) is 0 Å². The molecule has 1 aliphatic rings. The van der Waals surface area contributed by atoms with Crippen LogP contribution in [0.15, 0.2) is 66.7 Å². The van der Waals surface area contributed by atoms with Crippen LogP contribution in [0.5, 0.6) is 0 Å². The standard InChI is InChI=1S/C29H31F2N3O2/c1-21-9-11-24(12-10-21)29(36)33-16-15-32(19-23-7-4-3-5-8-23)13-6-14-34(22(2)35)28-18-27(31)26(30)17-25(28)20-33/h3-5,7-12,17-18H,6,13-16,19-20H2,1-2H3. The van der Waals surface area contributed by atoms with E-state index in [0.717, 1.165) is 23.3 Å². The molecule has 0 aliphatic carbocycles. The highest BCUT2D eigenvalue weighted by Gasteiger charge is 2.25. The normalized spacial score (nSPS) is 15.2. The number of hydrogen-bond acceptors (Lipinski definition) is 3. The van der Waals surface area contributed by atoms with Gasteiger partial charge < -0.3 is 9.80 Å². The number of anilines is 1. The van der Waals surface area contributed by atoms with Crippen LogP contribution in [0.1, 0.15) is 40.4 Å². The van der Waals surface area contributed by atoms with Crippen LogP contribution >= 0.6 is 0 Å². The number of amides is 2. The van der Waals surface area contributed by atoms with Crippen molar-refractivity contribution in [1.29, 1.82) is 0 Å². The lowest BCUT2D eigenvalue weighted by Crippen LogP contribution is -2.38. The Balaban J connectivity index is 1.71. The van der Waals surface area contributed by atoms with Crippen LogP contribution in [0.4, 0.5) is 14.5 Å². The van der Waals surface area contributed by atoms with Crippen LogP contribution in [0, 0.1) is 18.6 Å². The van der Waals surface area contributed by atoms with E-state index in [2.05, 4.69) is 17.0 Å². The van der Waals surface area contributed by atoms with Gasteiger partial charge in [-0.3, -0.25) is 14.5 Å². The summed E-state index contributed by atoms with van der Waals surface area (Å²) in [5.41, 5.74) is 3.43. The molecule has 0 spiro atoms. The number of carbonyl (C=O) groups is 2. The predicted molar refractivity (Wildman–Crippen MR) is 137 cm³/mol. The molecule has 3 aromatic carbocycles. The fraction of sp³-hybridized carbons (Fsp3) is 0.310. The number of aryl methyl sites for hydroxylation is 1. The van der Waals surface area contributed by atoms with Crippen molar-refractivity contribution >= 4 is 17.5 Å². The first-order valence-electron chi connectivity index (χ1n) is 12.2. The number of carbonyl (C=O) groups excluding carboxylic acids is 2. The molecule has 0 saturated heterocycles.